The molecule has 0 bridgehead atoms. The zero-order valence-corrected chi connectivity index (χ0v) is 18.2. The summed E-state index contributed by atoms with van der Waals surface area (Å²) in [5.74, 6) is -6.22. The Morgan fingerprint density at radius 3 is 2.31 bits per heavy atom. The molecule has 0 unspecified atom stereocenters. The minimum atomic E-state index is -5.04. The summed E-state index contributed by atoms with van der Waals surface area (Å²) in [5, 5.41) is 6.75. The van der Waals surface area contributed by atoms with Crippen LogP contribution in [0.4, 0.5) is 42.5 Å². The Hall–Kier alpha value is -3.97. The highest BCUT2D eigenvalue weighted by Crippen LogP contribution is 2.33. The summed E-state index contributed by atoms with van der Waals surface area (Å²) in [4.78, 5) is 36.9. The Bertz CT molecular complexity index is 1190. The lowest BCUT2D eigenvalue weighted by Gasteiger charge is -2.41. The highest BCUT2D eigenvalue weighted by atomic mass is 19.4. The molecule has 2 fully saturated rings. The van der Waals surface area contributed by atoms with Gasteiger partial charge in [-0.05, 0) is 24.6 Å². The Balaban J connectivity index is 1.34. The maximum Gasteiger partial charge on any atom is 0.573 e. The summed E-state index contributed by atoms with van der Waals surface area (Å²) < 4.78 is 83.6. The van der Waals surface area contributed by atoms with Crippen molar-refractivity contribution in [3.63, 3.8) is 0 Å². The Kier molecular flexibility index (Phi) is 6.69. The fourth-order valence-electron chi connectivity index (χ4n) is 4.02. The molecule has 2 aliphatic rings. The molecule has 0 aliphatic carbocycles. The van der Waals surface area contributed by atoms with Crippen LogP contribution in [0.3, 0.4) is 0 Å². The molecule has 192 valence electrons. The number of benzene rings is 2. The molecule has 36 heavy (non-hydrogen) atoms. The molecule has 3 N–H and O–H groups in total. The lowest BCUT2D eigenvalue weighted by Crippen LogP contribution is -2.60. The highest BCUT2D eigenvalue weighted by molar-refractivity contribution is 6.01. The number of hydrogen-bond acceptors (Lipinski definition) is 5. The van der Waals surface area contributed by atoms with Gasteiger partial charge in [0, 0.05) is 48.6 Å². The van der Waals surface area contributed by atoms with Crippen molar-refractivity contribution in [1.29, 1.82) is 0 Å². The minimum Gasteiger partial charge on any atom is -0.406 e. The highest BCUT2D eigenvalue weighted by Gasteiger charge is 2.35. The number of anilines is 2. The number of piperidine rings is 1. The second-order valence-electron chi connectivity index (χ2n) is 8.25. The van der Waals surface area contributed by atoms with E-state index in [-0.39, 0.29) is 37.3 Å². The SMILES string of the molecule is O=C1CC[C@H](c2c(F)cc(N3CC(NC(=O)Nc4cc(F)cc(OC(F)(F)F)c4)C3)cc2F)C(=O)N1. The number of ether oxygens (including phenoxy) is 1. The van der Waals surface area contributed by atoms with Gasteiger partial charge in [0.2, 0.25) is 11.8 Å². The second-order valence-corrected chi connectivity index (χ2v) is 8.25. The topological polar surface area (TPSA) is 99.8 Å². The first-order valence-electron chi connectivity index (χ1n) is 10.6. The van der Waals surface area contributed by atoms with E-state index >= 15 is 0 Å². The maximum atomic E-state index is 14.7. The number of rotatable bonds is 5. The fraction of sp³-hybridized carbons (Fsp3) is 0.318. The van der Waals surface area contributed by atoms with Gasteiger partial charge < -0.3 is 20.3 Å². The molecule has 8 nitrogen and oxygen atoms in total. The standard InChI is InChI=1S/C22H18F6N4O4/c23-10-3-11(5-14(4-10)36-22(26,27)28)29-21(35)30-12-8-32(9-12)13-6-16(24)19(17(25)7-13)15-1-2-18(33)31-20(15)34/h3-7,12,15H,1-2,8-9H2,(H2,29,30,35)(H,31,33,34)/t15-/m1/s1. The van der Waals surface area contributed by atoms with E-state index in [9.17, 15) is 40.7 Å². The van der Waals surface area contributed by atoms with Crippen molar-refractivity contribution >= 4 is 29.2 Å². The molecule has 0 spiro atoms. The average molecular weight is 516 g/mol. The smallest absolute Gasteiger partial charge is 0.406 e. The van der Waals surface area contributed by atoms with Crippen LogP contribution in [0.1, 0.15) is 24.3 Å². The molecular weight excluding hydrogens is 498 g/mol. The Morgan fingerprint density at radius 2 is 1.69 bits per heavy atom. The van der Waals surface area contributed by atoms with Gasteiger partial charge in [0.05, 0.1) is 12.0 Å². The summed E-state index contributed by atoms with van der Waals surface area (Å²) in [6.07, 6.45) is -5.09. The predicted octanol–water partition coefficient (Wildman–Crippen LogP) is 3.53. The van der Waals surface area contributed by atoms with E-state index in [2.05, 4.69) is 20.7 Å². The van der Waals surface area contributed by atoms with Crippen LogP contribution in [-0.2, 0) is 9.59 Å². The molecule has 0 radical (unpaired) electrons. The lowest BCUT2D eigenvalue weighted by molar-refractivity contribution is -0.274. The molecule has 2 heterocycles. The van der Waals surface area contributed by atoms with Crippen molar-refractivity contribution in [3.05, 3.63) is 53.3 Å². The number of carbonyl (C=O) groups excluding carboxylic acids is 3. The van der Waals surface area contributed by atoms with Gasteiger partial charge in [0.15, 0.2) is 0 Å². The van der Waals surface area contributed by atoms with E-state index in [1.165, 1.54) is 0 Å². The number of hydrogen-bond donors (Lipinski definition) is 3. The number of nitrogens with zero attached hydrogens (tertiary/aromatic N) is 1. The van der Waals surface area contributed by atoms with E-state index < -0.39 is 64.9 Å². The van der Waals surface area contributed by atoms with Crippen molar-refractivity contribution in [2.45, 2.75) is 31.2 Å². The largest absolute Gasteiger partial charge is 0.573 e. The summed E-state index contributed by atoms with van der Waals surface area (Å²) >= 11 is 0. The van der Waals surface area contributed by atoms with Gasteiger partial charge in [0.1, 0.15) is 23.2 Å². The quantitative estimate of drug-likeness (QED) is 0.417. The first kappa shape index (κ1) is 25.1. The van der Waals surface area contributed by atoms with Gasteiger partial charge in [-0.15, -0.1) is 13.2 Å². The van der Waals surface area contributed by atoms with Crippen molar-refractivity contribution in [3.8, 4) is 5.75 Å². The van der Waals surface area contributed by atoms with Gasteiger partial charge in [-0.2, -0.15) is 0 Å². The second kappa shape index (κ2) is 9.59. The summed E-state index contributed by atoms with van der Waals surface area (Å²) in [7, 11) is 0. The molecule has 4 amide bonds. The van der Waals surface area contributed by atoms with Crippen LogP contribution in [0, 0.1) is 17.5 Å². The van der Waals surface area contributed by atoms with Crippen LogP contribution in [0.2, 0.25) is 0 Å². The summed E-state index contributed by atoms with van der Waals surface area (Å²) in [5.41, 5.74) is -0.544. The molecule has 0 aromatic heterocycles. The van der Waals surface area contributed by atoms with Crippen molar-refractivity contribution in [1.82, 2.24) is 10.6 Å². The number of imide groups is 1. The number of alkyl halides is 3. The molecule has 2 saturated heterocycles. The summed E-state index contributed by atoms with van der Waals surface area (Å²) in [6, 6.07) is 2.87. The third kappa shape index (κ3) is 5.80. The normalized spacial score (nSPS) is 18.4. The van der Waals surface area contributed by atoms with Crippen LogP contribution < -0.4 is 25.6 Å². The van der Waals surface area contributed by atoms with Crippen molar-refractivity contribution in [2.75, 3.05) is 23.3 Å². The van der Waals surface area contributed by atoms with Crippen LogP contribution in [0.15, 0.2) is 30.3 Å². The van der Waals surface area contributed by atoms with E-state index in [1.807, 2.05) is 0 Å². The van der Waals surface area contributed by atoms with Gasteiger partial charge in [-0.25, -0.2) is 18.0 Å². The van der Waals surface area contributed by atoms with E-state index in [0.717, 1.165) is 24.3 Å². The van der Waals surface area contributed by atoms with Crippen LogP contribution in [0.25, 0.3) is 0 Å². The van der Waals surface area contributed by atoms with E-state index in [0.29, 0.717) is 6.07 Å². The average Bonchev–Trinajstić information content (AvgIpc) is 2.69. The Labute approximate surface area is 199 Å². The molecule has 2 aliphatic heterocycles. The first-order chi connectivity index (χ1) is 16.9. The van der Waals surface area contributed by atoms with Gasteiger partial charge in [-0.1, -0.05) is 0 Å². The zero-order chi connectivity index (χ0) is 26.2. The van der Waals surface area contributed by atoms with Crippen molar-refractivity contribution in [2.24, 2.45) is 0 Å². The molecule has 1 atom stereocenters. The predicted molar refractivity (Wildman–Crippen MR) is 113 cm³/mol. The van der Waals surface area contributed by atoms with E-state index in [1.54, 1.807) is 4.90 Å². The number of urea groups is 1. The molecule has 0 saturated carbocycles. The Morgan fingerprint density at radius 1 is 1.03 bits per heavy atom. The van der Waals surface area contributed by atoms with Gasteiger partial charge in [-0.3, -0.25) is 14.9 Å². The van der Waals surface area contributed by atoms with Crippen molar-refractivity contribution < 1.29 is 45.5 Å². The van der Waals surface area contributed by atoms with Crippen LogP contribution in [-0.4, -0.2) is 43.3 Å². The van der Waals surface area contributed by atoms with Gasteiger partial charge >= 0.3 is 12.4 Å². The zero-order valence-electron chi connectivity index (χ0n) is 18.2. The monoisotopic (exact) mass is 516 g/mol. The van der Waals surface area contributed by atoms with E-state index in [4.69, 9.17) is 0 Å². The lowest BCUT2D eigenvalue weighted by atomic mass is 9.89. The molecular formula is C22H18F6N4O4. The summed E-state index contributed by atoms with van der Waals surface area (Å²) in [6.45, 7) is 0.297. The minimum absolute atomic E-state index is 0.0161. The fourth-order valence-corrected chi connectivity index (χ4v) is 4.02. The number of carbonyl (C=O) groups is 3. The molecule has 2 aromatic rings. The molecule has 4 rings (SSSR count). The third-order valence-electron chi connectivity index (χ3n) is 5.60. The van der Waals surface area contributed by atoms with Crippen LogP contribution in [0.5, 0.6) is 5.75 Å². The number of amides is 4. The maximum absolute atomic E-state index is 14.7. The number of halogens is 6. The van der Waals surface area contributed by atoms with Gasteiger partial charge in [0.25, 0.3) is 0 Å². The number of nitrogens with one attached hydrogen (secondary N) is 3. The third-order valence-corrected chi connectivity index (χ3v) is 5.60. The molecule has 2 aromatic carbocycles. The van der Waals surface area contributed by atoms with Crippen LogP contribution >= 0.6 is 0 Å². The molecule has 14 heteroatoms. The first-order valence-corrected chi connectivity index (χ1v) is 10.6.